The topological polar surface area (TPSA) is 39.1 Å². The summed E-state index contributed by atoms with van der Waals surface area (Å²) < 4.78 is 8.07. The maximum Gasteiger partial charge on any atom is 0.0686 e. The Morgan fingerprint density at radius 1 is 1.55 bits per heavy atom. The predicted molar refractivity (Wildman–Crippen MR) is 79.6 cm³/mol. The lowest BCUT2D eigenvalue weighted by molar-refractivity contribution is -0.147. The van der Waals surface area contributed by atoms with Crippen LogP contribution >= 0.6 is 0 Å². The van der Waals surface area contributed by atoms with Gasteiger partial charge in [-0.2, -0.15) is 5.10 Å². The van der Waals surface area contributed by atoms with E-state index in [0.717, 1.165) is 19.6 Å². The molecule has 1 aromatic rings. The number of aromatic nitrogens is 2. The van der Waals surface area contributed by atoms with Crippen LogP contribution in [0.4, 0.5) is 0 Å². The minimum atomic E-state index is 0.215. The zero-order chi connectivity index (χ0) is 14.2. The zero-order valence-electron chi connectivity index (χ0n) is 13.0. The van der Waals surface area contributed by atoms with E-state index in [4.69, 9.17) is 4.74 Å². The molecule has 4 nitrogen and oxygen atoms in total. The van der Waals surface area contributed by atoms with Gasteiger partial charge in [-0.3, -0.25) is 4.68 Å². The van der Waals surface area contributed by atoms with Gasteiger partial charge in [-0.15, -0.1) is 0 Å². The highest BCUT2D eigenvalue weighted by atomic mass is 16.5. The molecule has 0 radical (unpaired) electrons. The normalized spacial score (nSPS) is 26.4. The second kappa shape index (κ2) is 5.49. The van der Waals surface area contributed by atoms with Crippen molar-refractivity contribution in [2.75, 3.05) is 13.2 Å². The molecule has 1 N–H and O–H groups in total. The van der Waals surface area contributed by atoms with Gasteiger partial charge in [0.25, 0.3) is 0 Å². The third-order valence-electron chi connectivity index (χ3n) is 5.30. The van der Waals surface area contributed by atoms with Crippen LogP contribution in [0.2, 0.25) is 0 Å². The van der Waals surface area contributed by atoms with E-state index in [1.807, 2.05) is 17.9 Å². The molecule has 112 valence electrons. The summed E-state index contributed by atoms with van der Waals surface area (Å²) in [4.78, 5) is 0. The molecular weight excluding hydrogens is 250 g/mol. The van der Waals surface area contributed by atoms with Gasteiger partial charge in [0, 0.05) is 31.0 Å². The van der Waals surface area contributed by atoms with Gasteiger partial charge in [0.1, 0.15) is 0 Å². The molecule has 0 bridgehead atoms. The van der Waals surface area contributed by atoms with Gasteiger partial charge < -0.3 is 10.1 Å². The van der Waals surface area contributed by atoms with E-state index < -0.39 is 0 Å². The van der Waals surface area contributed by atoms with E-state index in [1.54, 1.807) is 0 Å². The van der Waals surface area contributed by atoms with E-state index in [0.29, 0.717) is 12.0 Å². The van der Waals surface area contributed by atoms with Crippen molar-refractivity contribution in [3.8, 4) is 0 Å². The van der Waals surface area contributed by atoms with Crippen LogP contribution in [0.15, 0.2) is 6.20 Å². The van der Waals surface area contributed by atoms with Crippen molar-refractivity contribution in [2.45, 2.75) is 57.6 Å². The summed E-state index contributed by atoms with van der Waals surface area (Å²) in [6, 6.07) is 0.426. The quantitative estimate of drug-likeness (QED) is 0.920. The second-order valence-electron chi connectivity index (χ2n) is 6.48. The summed E-state index contributed by atoms with van der Waals surface area (Å²) in [5.74, 6) is 0.673. The average Bonchev–Trinajstić information content (AvgIpc) is 2.75. The lowest BCUT2D eigenvalue weighted by atomic mass is 9.69. The number of aryl methyl sites for hydroxylation is 1. The lowest BCUT2D eigenvalue weighted by Gasteiger charge is -2.49. The molecule has 1 spiro atoms. The standard InChI is InChI=1S/C16H27N3O/c1-4-17-15(14-11-18-19(3)12(14)2)13-6-9-20-16(10-13)7-5-8-16/h11,13,15,17H,4-10H2,1-3H3. The van der Waals surface area contributed by atoms with Crippen LogP contribution in [0.5, 0.6) is 0 Å². The Labute approximate surface area is 121 Å². The number of rotatable bonds is 4. The molecule has 1 aliphatic carbocycles. The van der Waals surface area contributed by atoms with Gasteiger partial charge in [-0.25, -0.2) is 0 Å². The summed E-state index contributed by atoms with van der Waals surface area (Å²) in [6.45, 7) is 6.29. The molecule has 2 heterocycles. The summed E-state index contributed by atoms with van der Waals surface area (Å²) >= 11 is 0. The highest BCUT2D eigenvalue weighted by Gasteiger charge is 2.44. The lowest BCUT2D eigenvalue weighted by Crippen LogP contribution is -2.48. The van der Waals surface area contributed by atoms with Crippen molar-refractivity contribution in [2.24, 2.45) is 13.0 Å². The molecule has 20 heavy (non-hydrogen) atoms. The van der Waals surface area contributed by atoms with Crippen LogP contribution in [0.3, 0.4) is 0 Å². The van der Waals surface area contributed by atoms with Crippen molar-refractivity contribution in [3.05, 3.63) is 17.5 Å². The molecule has 2 atom stereocenters. The summed E-state index contributed by atoms with van der Waals surface area (Å²) in [5.41, 5.74) is 2.87. The molecule has 0 aromatic carbocycles. The summed E-state index contributed by atoms with van der Waals surface area (Å²) in [6.07, 6.45) is 8.27. The summed E-state index contributed by atoms with van der Waals surface area (Å²) in [5, 5.41) is 8.13. The Morgan fingerprint density at radius 3 is 2.90 bits per heavy atom. The van der Waals surface area contributed by atoms with Crippen molar-refractivity contribution < 1.29 is 4.74 Å². The van der Waals surface area contributed by atoms with E-state index >= 15 is 0 Å². The second-order valence-corrected chi connectivity index (χ2v) is 6.48. The molecule has 1 aromatic heterocycles. The van der Waals surface area contributed by atoms with Gasteiger partial charge in [0.2, 0.25) is 0 Å². The smallest absolute Gasteiger partial charge is 0.0686 e. The van der Waals surface area contributed by atoms with Crippen LogP contribution in [0.25, 0.3) is 0 Å². The van der Waals surface area contributed by atoms with Crippen LogP contribution in [0, 0.1) is 12.8 Å². The van der Waals surface area contributed by atoms with Crippen LogP contribution in [-0.2, 0) is 11.8 Å². The fourth-order valence-electron chi connectivity index (χ4n) is 3.84. The zero-order valence-corrected chi connectivity index (χ0v) is 13.0. The average molecular weight is 277 g/mol. The van der Waals surface area contributed by atoms with E-state index in [2.05, 4.69) is 24.3 Å². The molecule has 1 saturated heterocycles. The Kier molecular flexibility index (Phi) is 3.87. The fourth-order valence-corrected chi connectivity index (χ4v) is 3.84. The fraction of sp³-hybridized carbons (Fsp3) is 0.812. The monoisotopic (exact) mass is 277 g/mol. The Morgan fingerprint density at radius 2 is 2.35 bits per heavy atom. The number of nitrogens with one attached hydrogen (secondary N) is 1. The molecule has 1 saturated carbocycles. The molecular formula is C16H27N3O. The van der Waals surface area contributed by atoms with Crippen molar-refractivity contribution in [1.29, 1.82) is 0 Å². The SMILES string of the molecule is CCNC(c1cnn(C)c1C)C1CCOC2(CCC2)C1. The molecule has 2 aliphatic rings. The molecule has 1 aliphatic heterocycles. The van der Waals surface area contributed by atoms with Gasteiger partial charge >= 0.3 is 0 Å². The maximum atomic E-state index is 6.08. The van der Waals surface area contributed by atoms with Crippen LogP contribution < -0.4 is 5.32 Å². The molecule has 4 heteroatoms. The first-order valence-electron chi connectivity index (χ1n) is 8.01. The van der Waals surface area contributed by atoms with Crippen LogP contribution in [0.1, 0.15) is 56.3 Å². The first-order valence-corrected chi connectivity index (χ1v) is 8.01. The number of ether oxygens (including phenoxy) is 1. The molecule has 2 unspecified atom stereocenters. The van der Waals surface area contributed by atoms with Crippen molar-refractivity contribution in [1.82, 2.24) is 15.1 Å². The maximum absolute atomic E-state index is 6.08. The number of nitrogens with zero attached hydrogens (tertiary/aromatic N) is 2. The summed E-state index contributed by atoms with van der Waals surface area (Å²) in [7, 11) is 2.03. The van der Waals surface area contributed by atoms with Gasteiger partial charge in [-0.1, -0.05) is 6.92 Å². The van der Waals surface area contributed by atoms with Crippen LogP contribution in [-0.4, -0.2) is 28.5 Å². The molecule has 3 rings (SSSR count). The minimum Gasteiger partial charge on any atom is -0.375 e. The Balaban J connectivity index is 1.81. The number of hydrogen-bond donors (Lipinski definition) is 1. The van der Waals surface area contributed by atoms with E-state index in [9.17, 15) is 0 Å². The Hall–Kier alpha value is -0.870. The molecule has 0 amide bonds. The third kappa shape index (κ3) is 2.40. The first-order chi connectivity index (χ1) is 9.65. The molecule has 2 fully saturated rings. The first kappa shape index (κ1) is 14.1. The van der Waals surface area contributed by atoms with E-state index in [1.165, 1.54) is 36.9 Å². The highest BCUT2D eigenvalue weighted by molar-refractivity contribution is 5.22. The number of hydrogen-bond acceptors (Lipinski definition) is 3. The predicted octanol–water partition coefficient (Wildman–Crippen LogP) is 2.73. The minimum absolute atomic E-state index is 0.215. The third-order valence-corrected chi connectivity index (χ3v) is 5.30. The van der Waals surface area contributed by atoms with Gasteiger partial charge in [-0.05, 0) is 51.5 Å². The van der Waals surface area contributed by atoms with Crippen molar-refractivity contribution in [3.63, 3.8) is 0 Å². The largest absolute Gasteiger partial charge is 0.375 e. The Bertz CT molecular complexity index is 464. The van der Waals surface area contributed by atoms with E-state index in [-0.39, 0.29) is 5.60 Å². The van der Waals surface area contributed by atoms with Crippen molar-refractivity contribution >= 4 is 0 Å². The van der Waals surface area contributed by atoms with Gasteiger partial charge in [0.05, 0.1) is 11.8 Å². The van der Waals surface area contributed by atoms with Gasteiger partial charge in [0.15, 0.2) is 0 Å². The highest BCUT2D eigenvalue weighted by Crippen LogP contribution is 2.47.